The number of carbonyl (C=O) groups excluding carboxylic acids is 1. The predicted molar refractivity (Wildman–Crippen MR) is 136 cm³/mol. The van der Waals surface area contributed by atoms with Crippen molar-refractivity contribution in [1.82, 2.24) is 30.3 Å². The van der Waals surface area contributed by atoms with Gasteiger partial charge in [-0.1, -0.05) is 30.3 Å². The van der Waals surface area contributed by atoms with E-state index < -0.39 is 0 Å². The number of hydrogen-bond donors (Lipinski definition) is 2. The van der Waals surface area contributed by atoms with E-state index in [0.717, 1.165) is 64.1 Å². The number of fused-ring (bicyclic) bond motifs is 1. The van der Waals surface area contributed by atoms with E-state index in [1.54, 1.807) is 6.33 Å². The van der Waals surface area contributed by atoms with Crippen LogP contribution in [0.2, 0.25) is 0 Å². The van der Waals surface area contributed by atoms with E-state index in [1.165, 1.54) is 5.56 Å². The number of piperidine rings is 1. The molecule has 0 bridgehead atoms. The number of likely N-dealkylation sites (tertiary alicyclic amines) is 1. The van der Waals surface area contributed by atoms with Gasteiger partial charge in [0.2, 0.25) is 5.91 Å². The highest BCUT2D eigenvalue weighted by atomic mass is 127. The van der Waals surface area contributed by atoms with Crippen LogP contribution in [0, 0.1) is 5.92 Å². The average Bonchev–Trinajstić information content (AvgIpc) is 3.26. The first kappa shape index (κ1) is 24.5. The lowest BCUT2D eigenvalue weighted by molar-refractivity contribution is -0.130. The number of aryl methyl sites for hydroxylation is 1. The van der Waals surface area contributed by atoms with Gasteiger partial charge >= 0.3 is 0 Å². The fourth-order valence-corrected chi connectivity index (χ4v) is 4.45. The summed E-state index contributed by atoms with van der Waals surface area (Å²) < 4.78 is 1.94. The van der Waals surface area contributed by atoms with Crippen LogP contribution in [0.5, 0.6) is 0 Å². The lowest BCUT2D eigenvalue weighted by Gasteiger charge is -2.32. The zero-order valence-corrected chi connectivity index (χ0v) is 21.1. The molecule has 2 N–H and O–H groups in total. The SMILES string of the molecule is CCNC(=NCC(=O)N1CCC(Cc2ccccc2)CC1)NC1CCc2ncnn2C1.I. The van der Waals surface area contributed by atoms with E-state index in [0.29, 0.717) is 11.9 Å². The van der Waals surface area contributed by atoms with Crippen molar-refractivity contribution in [2.24, 2.45) is 10.9 Å². The second kappa shape index (κ2) is 12.2. The fourth-order valence-electron chi connectivity index (χ4n) is 4.45. The van der Waals surface area contributed by atoms with Crippen LogP contribution in [-0.4, -0.2) is 63.8 Å². The van der Waals surface area contributed by atoms with Crippen LogP contribution in [-0.2, 0) is 24.2 Å². The summed E-state index contributed by atoms with van der Waals surface area (Å²) in [5.41, 5.74) is 1.39. The van der Waals surface area contributed by atoms with E-state index in [-0.39, 0.29) is 42.5 Å². The highest BCUT2D eigenvalue weighted by Gasteiger charge is 2.24. The summed E-state index contributed by atoms with van der Waals surface area (Å²) in [6.07, 6.45) is 6.71. The highest BCUT2D eigenvalue weighted by Crippen LogP contribution is 2.21. The van der Waals surface area contributed by atoms with Crippen LogP contribution >= 0.6 is 24.0 Å². The molecule has 174 valence electrons. The van der Waals surface area contributed by atoms with E-state index in [1.807, 2.05) is 16.5 Å². The summed E-state index contributed by atoms with van der Waals surface area (Å²) in [5.74, 6) is 2.49. The zero-order valence-electron chi connectivity index (χ0n) is 18.7. The molecule has 0 radical (unpaired) electrons. The number of hydrogen-bond acceptors (Lipinski definition) is 4. The molecule has 1 unspecified atom stereocenters. The summed E-state index contributed by atoms with van der Waals surface area (Å²) in [6, 6.07) is 10.9. The van der Waals surface area contributed by atoms with Crippen LogP contribution in [0.3, 0.4) is 0 Å². The van der Waals surface area contributed by atoms with Gasteiger partial charge in [0.05, 0.1) is 6.54 Å². The maximum Gasteiger partial charge on any atom is 0.244 e. The van der Waals surface area contributed by atoms with Crippen molar-refractivity contribution in [2.45, 2.75) is 51.6 Å². The number of guanidine groups is 1. The van der Waals surface area contributed by atoms with Crippen LogP contribution in [0.4, 0.5) is 0 Å². The minimum Gasteiger partial charge on any atom is -0.357 e. The van der Waals surface area contributed by atoms with E-state index >= 15 is 0 Å². The number of aromatic nitrogens is 3. The Labute approximate surface area is 207 Å². The Morgan fingerprint density at radius 2 is 1.97 bits per heavy atom. The molecular formula is C23H34IN7O. The molecule has 4 rings (SSSR count). The molecule has 8 nitrogen and oxygen atoms in total. The smallest absolute Gasteiger partial charge is 0.244 e. The number of rotatable bonds is 6. The molecule has 0 spiro atoms. The third kappa shape index (κ3) is 6.66. The largest absolute Gasteiger partial charge is 0.357 e. The second-order valence-electron chi connectivity index (χ2n) is 8.45. The first-order chi connectivity index (χ1) is 15.2. The maximum atomic E-state index is 12.7. The number of aliphatic imine (C=N–C) groups is 1. The number of benzene rings is 1. The Bertz CT molecular complexity index is 877. The predicted octanol–water partition coefficient (Wildman–Crippen LogP) is 2.25. The average molecular weight is 551 g/mol. The normalized spacial score (nSPS) is 19.1. The molecule has 2 aliphatic rings. The molecule has 1 atom stereocenters. The van der Waals surface area contributed by atoms with Crippen LogP contribution in [0.25, 0.3) is 0 Å². The molecule has 2 aromatic rings. The molecular weight excluding hydrogens is 517 g/mol. The van der Waals surface area contributed by atoms with Gasteiger partial charge in [0.15, 0.2) is 5.96 Å². The third-order valence-corrected chi connectivity index (χ3v) is 6.20. The van der Waals surface area contributed by atoms with E-state index in [4.69, 9.17) is 0 Å². The van der Waals surface area contributed by atoms with Gasteiger partial charge in [-0.2, -0.15) is 5.10 Å². The summed E-state index contributed by atoms with van der Waals surface area (Å²) in [4.78, 5) is 23.5. The Kier molecular flexibility index (Phi) is 9.31. The molecule has 3 heterocycles. The minimum absolute atomic E-state index is 0. The Morgan fingerprint density at radius 1 is 1.19 bits per heavy atom. The van der Waals surface area contributed by atoms with Crippen molar-refractivity contribution in [3.05, 3.63) is 48.0 Å². The first-order valence-corrected chi connectivity index (χ1v) is 11.4. The van der Waals surface area contributed by atoms with Gasteiger partial charge in [0.1, 0.15) is 18.7 Å². The van der Waals surface area contributed by atoms with Crippen molar-refractivity contribution >= 4 is 35.8 Å². The fraction of sp³-hybridized carbons (Fsp3) is 0.565. The minimum atomic E-state index is 0. The van der Waals surface area contributed by atoms with E-state index in [2.05, 4.69) is 56.0 Å². The van der Waals surface area contributed by atoms with Crippen LogP contribution in [0.1, 0.15) is 37.6 Å². The maximum absolute atomic E-state index is 12.7. The topological polar surface area (TPSA) is 87.4 Å². The Hall–Kier alpha value is -2.17. The highest BCUT2D eigenvalue weighted by molar-refractivity contribution is 14.0. The molecule has 32 heavy (non-hydrogen) atoms. The zero-order chi connectivity index (χ0) is 21.5. The number of carbonyl (C=O) groups is 1. The first-order valence-electron chi connectivity index (χ1n) is 11.4. The van der Waals surface area contributed by atoms with Gasteiger partial charge < -0.3 is 15.5 Å². The van der Waals surface area contributed by atoms with Gasteiger partial charge in [-0.05, 0) is 44.1 Å². The molecule has 0 saturated carbocycles. The van der Waals surface area contributed by atoms with Crippen molar-refractivity contribution in [3.63, 3.8) is 0 Å². The Morgan fingerprint density at radius 3 is 2.72 bits per heavy atom. The summed E-state index contributed by atoms with van der Waals surface area (Å²) in [7, 11) is 0. The van der Waals surface area contributed by atoms with Crippen LogP contribution in [0.15, 0.2) is 41.7 Å². The van der Waals surface area contributed by atoms with Gasteiger partial charge in [-0.3, -0.25) is 4.79 Å². The van der Waals surface area contributed by atoms with Crippen molar-refractivity contribution < 1.29 is 4.79 Å². The molecule has 1 amide bonds. The Balaban J connectivity index is 0.00000289. The number of nitrogens with one attached hydrogen (secondary N) is 2. The standard InChI is InChI=1S/C23H33N7O.HI/c1-2-24-23(28-20-8-9-21-26-17-27-30(21)16-20)25-15-22(31)29-12-10-19(11-13-29)14-18-6-4-3-5-7-18;/h3-7,17,19-20H,2,8-16H2,1H3,(H2,24,25,28);1H. The van der Waals surface area contributed by atoms with Crippen molar-refractivity contribution in [2.75, 3.05) is 26.2 Å². The van der Waals surface area contributed by atoms with Crippen molar-refractivity contribution in [1.29, 1.82) is 0 Å². The van der Waals surface area contributed by atoms with Gasteiger partial charge in [-0.25, -0.2) is 14.7 Å². The van der Waals surface area contributed by atoms with Gasteiger partial charge in [0, 0.05) is 32.1 Å². The van der Waals surface area contributed by atoms with E-state index in [9.17, 15) is 4.79 Å². The van der Waals surface area contributed by atoms with Crippen LogP contribution < -0.4 is 10.6 Å². The van der Waals surface area contributed by atoms with Gasteiger partial charge in [0.25, 0.3) is 0 Å². The number of halogens is 1. The lowest BCUT2D eigenvalue weighted by Crippen LogP contribution is -2.47. The van der Waals surface area contributed by atoms with Gasteiger partial charge in [-0.15, -0.1) is 24.0 Å². The third-order valence-electron chi connectivity index (χ3n) is 6.20. The lowest BCUT2D eigenvalue weighted by atomic mass is 9.90. The summed E-state index contributed by atoms with van der Waals surface area (Å²) in [6.45, 7) is 5.39. The van der Waals surface area contributed by atoms with Crippen molar-refractivity contribution in [3.8, 4) is 0 Å². The molecule has 1 aromatic heterocycles. The molecule has 9 heteroatoms. The summed E-state index contributed by atoms with van der Waals surface area (Å²) >= 11 is 0. The molecule has 1 saturated heterocycles. The molecule has 0 aliphatic carbocycles. The second-order valence-corrected chi connectivity index (χ2v) is 8.45. The summed E-state index contributed by atoms with van der Waals surface area (Å²) in [5, 5.41) is 11.0. The molecule has 1 fully saturated rings. The quantitative estimate of drug-likeness (QED) is 0.327. The number of nitrogens with zero attached hydrogens (tertiary/aromatic N) is 5. The number of amides is 1. The molecule has 2 aliphatic heterocycles. The molecule has 1 aromatic carbocycles. The monoisotopic (exact) mass is 551 g/mol.